The van der Waals surface area contributed by atoms with Crippen LogP contribution in [-0.2, 0) is 35.3 Å². The van der Waals surface area contributed by atoms with Crippen LogP contribution in [0.2, 0.25) is 0 Å². The SMILES string of the molecule is O=C1CNCCNCC(=O)Oc2c3cccc2Cc2cccc(c2O)Cc2cccc(c2O1)Cc1cccc(c1O)C3. The zero-order valence-corrected chi connectivity index (χ0v) is 23.1. The molecule has 4 aromatic carbocycles. The first-order chi connectivity index (χ1) is 20.5. The molecule has 2 heterocycles. The largest absolute Gasteiger partial charge is 0.507 e. The monoisotopic (exact) mass is 564 g/mol. The van der Waals surface area contributed by atoms with Gasteiger partial charge in [0.2, 0.25) is 0 Å². The van der Waals surface area contributed by atoms with Crippen molar-refractivity contribution in [1.29, 1.82) is 0 Å². The third-order valence-electron chi connectivity index (χ3n) is 7.74. The van der Waals surface area contributed by atoms with Gasteiger partial charge < -0.3 is 30.3 Å². The number of phenolic OH excluding ortho intramolecular Hbond substituents is 2. The van der Waals surface area contributed by atoms with Gasteiger partial charge in [0.1, 0.15) is 23.0 Å². The first-order valence-electron chi connectivity index (χ1n) is 14.1. The van der Waals surface area contributed by atoms with Gasteiger partial charge in [-0.05, 0) is 44.5 Å². The minimum Gasteiger partial charge on any atom is -0.507 e. The fraction of sp³-hybridized carbons (Fsp3) is 0.235. The lowest BCUT2D eigenvalue weighted by Gasteiger charge is -2.19. The number of carbonyl (C=O) groups is 2. The summed E-state index contributed by atoms with van der Waals surface area (Å²) in [5.74, 6) is 0.203. The first-order valence-corrected chi connectivity index (χ1v) is 14.1. The Hall–Kier alpha value is -4.66. The van der Waals surface area contributed by atoms with Crippen LogP contribution in [0.5, 0.6) is 23.0 Å². The summed E-state index contributed by atoms with van der Waals surface area (Å²) in [5, 5.41) is 28.9. The van der Waals surface area contributed by atoms with E-state index in [4.69, 9.17) is 9.47 Å². The van der Waals surface area contributed by atoms with Crippen LogP contribution in [0.15, 0.2) is 72.8 Å². The van der Waals surface area contributed by atoms with Gasteiger partial charge in [-0.2, -0.15) is 0 Å². The van der Waals surface area contributed by atoms with E-state index < -0.39 is 11.9 Å². The fourth-order valence-corrected chi connectivity index (χ4v) is 5.63. The van der Waals surface area contributed by atoms with E-state index >= 15 is 0 Å². The smallest absolute Gasteiger partial charge is 0.325 e. The summed E-state index contributed by atoms with van der Waals surface area (Å²) < 4.78 is 11.9. The minimum atomic E-state index is -0.461. The van der Waals surface area contributed by atoms with E-state index in [9.17, 15) is 19.8 Å². The fourth-order valence-electron chi connectivity index (χ4n) is 5.63. The van der Waals surface area contributed by atoms with Crippen LogP contribution in [0.4, 0.5) is 0 Å². The second-order valence-electron chi connectivity index (χ2n) is 10.7. The molecule has 0 saturated carbocycles. The van der Waals surface area contributed by atoms with E-state index in [1.54, 1.807) is 0 Å². The van der Waals surface area contributed by atoms with Crippen LogP contribution in [0, 0.1) is 0 Å². The number of hydrogen-bond donors (Lipinski definition) is 4. The summed E-state index contributed by atoms with van der Waals surface area (Å²) in [5.41, 5.74) is 5.67. The van der Waals surface area contributed by atoms with Crippen molar-refractivity contribution in [1.82, 2.24) is 10.6 Å². The Morgan fingerprint density at radius 2 is 0.762 bits per heavy atom. The van der Waals surface area contributed by atoms with Gasteiger partial charge in [0.15, 0.2) is 0 Å². The molecular weight excluding hydrogens is 532 g/mol. The molecule has 0 fully saturated rings. The molecule has 2 aliphatic heterocycles. The van der Waals surface area contributed by atoms with Crippen molar-refractivity contribution in [3.63, 3.8) is 0 Å². The average molecular weight is 565 g/mol. The van der Waals surface area contributed by atoms with Crippen molar-refractivity contribution in [2.75, 3.05) is 26.2 Å². The highest BCUT2D eigenvalue weighted by Crippen LogP contribution is 2.38. The van der Waals surface area contributed by atoms with Crippen molar-refractivity contribution in [2.24, 2.45) is 0 Å². The number of nitrogens with one attached hydrogen (secondary N) is 2. The van der Waals surface area contributed by atoms with E-state index in [0.29, 0.717) is 72.5 Å². The topological polar surface area (TPSA) is 117 Å². The average Bonchev–Trinajstić information content (AvgIpc) is 2.97. The zero-order valence-electron chi connectivity index (χ0n) is 23.1. The summed E-state index contributed by atoms with van der Waals surface area (Å²) in [6.45, 7) is 0.826. The Morgan fingerprint density at radius 1 is 0.476 bits per heavy atom. The van der Waals surface area contributed by atoms with Gasteiger partial charge in [-0.25, -0.2) is 0 Å². The van der Waals surface area contributed by atoms with E-state index in [0.717, 1.165) is 22.3 Å². The lowest BCUT2D eigenvalue weighted by molar-refractivity contribution is -0.134. The molecule has 42 heavy (non-hydrogen) atoms. The van der Waals surface area contributed by atoms with Crippen molar-refractivity contribution in [3.05, 3.63) is 117 Å². The summed E-state index contributed by atoms with van der Waals surface area (Å²) in [6.07, 6.45) is 1.28. The Kier molecular flexibility index (Phi) is 7.90. The number of para-hydroxylation sites is 4. The molecule has 0 unspecified atom stereocenters. The highest BCUT2D eigenvalue weighted by atomic mass is 16.5. The predicted molar refractivity (Wildman–Crippen MR) is 157 cm³/mol. The number of benzene rings is 4. The number of ether oxygens (including phenoxy) is 2. The molecule has 1 aliphatic carbocycles. The molecule has 0 amide bonds. The predicted octanol–water partition coefficient (Wildman–Crippen LogP) is 3.78. The first kappa shape index (κ1) is 27.5. The van der Waals surface area contributed by atoms with Crippen LogP contribution < -0.4 is 20.1 Å². The van der Waals surface area contributed by atoms with E-state index in [-0.39, 0.29) is 24.6 Å². The molecule has 0 spiro atoms. The van der Waals surface area contributed by atoms with Gasteiger partial charge in [0.05, 0.1) is 13.1 Å². The highest BCUT2D eigenvalue weighted by Gasteiger charge is 2.22. The van der Waals surface area contributed by atoms with Gasteiger partial charge in [0, 0.05) is 38.8 Å². The number of phenols is 2. The molecule has 7 rings (SSSR count). The number of fused-ring (bicyclic) bond motifs is 9. The normalized spacial score (nSPS) is 15.8. The third-order valence-corrected chi connectivity index (χ3v) is 7.74. The van der Waals surface area contributed by atoms with Crippen molar-refractivity contribution >= 4 is 11.9 Å². The molecule has 0 radical (unpaired) electrons. The molecule has 4 aromatic rings. The quantitative estimate of drug-likeness (QED) is 0.128. The summed E-state index contributed by atoms with van der Waals surface area (Å²) >= 11 is 0. The van der Waals surface area contributed by atoms with Gasteiger partial charge >= 0.3 is 11.9 Å². The molecular formula is C34H32N2O6. The molecule has 0 atom stereocenters. The molecule has 8 heteroatoms. The number of esters is 2. The standard InChI is InChI=1S/C34H32N2O6/c37-29-19-35-13-14-36-20-30(38)42-34-26-10-4-12-28(34)18-24-8-2-7-23(32(24)40)17-27-11-3-9-25(33(27)41-29)15-21-5-1-6-22(16-26)31(21)39/h1-12,35-36,39-40H,13-20H2. The molecule has 10 bridgehead atoms. The van der Waals surface area contributed by atoms with E-state index in [1.807, 2.05) is 72.8 Å². The second kappa shape index (κ2) is 12.1. The molecule has 8 nitrogen and oxygen atoms in total. The highest BCUT2D eigenvalue weighted by molar-refractivity contribution is 5.76. The van der Waals surface area contributed by atoms with E-state index in [2.05, 4.69) is 10.6 Å². The van der Waals surface area contributed by atoms with Crippen LogP contribution in [0.3, 0.4) is 0 Å². The maximum absolute atomic E-state index is 13.0. The lowest BCUT2D eigenvalue weighted by atomic mass is 9.91. The number of carbonyl (C=O) groups excluding carboxylic acids is 2. The van der Waals surface area contributed by atoms with E-state index in [1.165, 1.54) is 0 Å². The molecule has 0 aromatic heterocycles. The Bertz CT molecular complexity index is 1460. The Labute approximate surface area is 243 Å². The van der Waals surface area contributed by atoms with Gasteiger partial charge in [-0.1, -0.05) is 72.8 Å². The van der Waals surface area contributed by atoms with Gasteiger partial charge in [0.25, 0.3) is 0 Å². The lowest BCUT2D eigenvalue weighted by Crippen LogP contribution is -2.35. The summed E-state index contributed by atoms with van der Waals surface area (Å²) in [6, 6.07) is 22.5. The minimum absolute atomic E-state index is 0.0297. The third kappa shape index (κ3) is 5.86. The number of aromatic hydroxyl groups is 2. The summed E-state index contributed by atoms with van der Waals surface area (Å²) in [4.78, 5) is 25.9. The van der Waals surface area contributed by atoms with Crippen LogP contribution in [0.25, 0.3) is 0 Å². The summed E-state index contributed by atoms with van der Waals surface area (Å²) in [7, 11) is 0. The van der Waals surface area contributed by atoms with Gasteiger partial charge in [-0.15, -0.1) is 0 Å². The van der Waals surface area contributed by atoms with Crippen molar-refractivity contribution in [3.8, 4) is 23.0 Å². The van der Waals surface area contributed by atoms with Gasteiger partial charge in [-0.3, -0.25) is 9.59 Å². The maximum Gasteiger partial charge on any atom is 0.325 e. The Morgan fingerprint density at radius 3 is 1.07 bits per heavy atom. The maximum atomic E-state index is 13.0. The van der Waals surface area contributed by atoms with Crippen LogP contribution >= 0.6 is 0 Å². The molecule has 0 saturated heterocycles. The number of hydrogen-bond acceptors (Lipinski definition) is 8. The molecule has 214 valence electrons. The Balaban J connectivity index is 1.58. The number of rotatable bonds is 0. The van der Waals surface area contributed by atoms with Crippen LogP contribution in [-0.4, -0.2) is 48.3 Å². The zero-order chi connectivity index (χ0) is 29.1. The second-order valence-corrected chi connectivity index (χ2v) is 10.7. The van der Waals surface area contributed by atoms with Crippen molar-refractivity contribution < 1.29 is 29.3 Å². The molecule has 3 aliphatic rings. The van der Waals surface area contributed by atoms with Crippen LogP contribution in [0.1, 0.15) is 44.5 Å². The molecule has 4 N–H and O–H groups in total. The van der Waals surface area contributed by atoms with Crippen molar-refractivity contribution in [2.45, 2.75) is 25.7 Å².